The highest BCUT2D eigenvalue weighted by atomic mass is 35.5. The molecule has 1 aliphatic heterocycles. The maximum atomic E-state index is 13.5. The Morgan fingerprint density at radius 1 is 1.24 bits per heavy atom. The van der Waals surface area contributed by atoms with Gasteiger partial charge in [0.15, 0.2) is 0 Å². The van der Waals surface area contributed by atoms with Crippen LogP contribution in [0, 0.1) is 0 Å². The number of sulfonamides is 1. The molecule has 7 nitrogen and oxygen atoms in total. The number of benzene rings is 2. The Morgan fingerprint density at radius 2 is 2.03 bits per heavy atom. The predicted molar refractivity (Wildman–Crippen MR) is 129 cm³/mol. The molecule has 33 heavy (non-hydrogen) atoms. The molecule has 4 aromatic rings. The minimum absolute atomic E-state index is 0.0257. The van der Waals surface area contributed by atoms with Gasteiger partial charge >= 0.3 is 0 Å². The van der Waals surface area contributed by atoms with Gasteiger partial charge in [-0.3, -0.25) is 4.79 Å². The molecular formula is C23H20ClN3O4S2. The molecular weight excluding hydrogens is 482 g/mol. The van der Waals surface area contributed by atoms with Crippen molar-refractivity contribution < 1.29 is 17.9 Å². The van der Waals surface area contributed by atoms with Crippen LogP contribution in [0.2, 0.25) is 5.15 Å². The number of hydrogen-bond donors (Lipinski definition) is 1. The van der Waals surface area contributed by atoms with E-state index in [9.17, 15) is 13.2 Å². The van der Waals surface area contributed by atoms with Crippen LogP contribution in [0.4, 0.5) is 0 Å². The topological polar surface area (TPSA) is 103 Å². The Hall–Kier alpha value is -2.72. The molecule has 2 aromatic carbocycles. The third-order valence-corrected chi connectivity index (χ3v) is 8.49. The number of ether oxygens (including phenoxy) is 1. The van der Waals surface area contributed by atoms with E-state index in [0.29, 0.717) is 41.4 Å². The van der Waals surface area contributed by atoms with Crippen molar-refractivity contribution in [1.82, 2.24) is 9.88 Å². The summed E-state index contributed by atoms with van der Waals surface area (Å²) in [5.41, 5.74) is 1.42. The van der Waals surface area contributed by atoms with Crippen LogP contribution in [-0.4, -0.2) is 37.9 Å². The van der Waals surface area contributed by atoms with Crippen LogP contribution in [0.1, 0.15) is 23.5 Å². The molecule has 1 atom stereocenters. The quantitative estimate of drug-likeness (QED) is 0.411. The van der Waals surface area contributed by atoms with Gasteiger partial charge in [0.2, 0.25) is 15.9 Å². The van der Waals surface area contributed by atoms with Gasteiger partial charge in [0.1, 0.15) is 10.9 Å². The van der Waals surface area contributed by atoms with Gasteiger partial charge in [-0.05, 0) is 58.0 Å². The number of fused-ring (bicyclic) bond motifs is 2. The van der Waals surface area contributed by atoms with Crippen molar-refractivity contribution in [3.63, 3.8) is 0 Å². The summed E-state index contributed by atoms with van der Waals surface area (Å²) < 4.78 is 31.1. The molecule has 10 heteroatoms. The van der Waals surface area contributed by atoms with E-state index in [-0.39, 0.29) is 10.8 Å². The van der Waals surface area contributed by atoms with E-state index in [2.05, 4.69) is 4.98 Å². The second-order valence-corrected chi connectivity index (χ2v) is 10.7. The van der Waals surface area contributed by atoms with Gasteiger partial charge in [0, 0.05) is 24.7 Å². The largest absolute Gasteiger partial charge is 0.497 e. The molecule has 1 aliphatic rings. The first-order chi connectivity index (χ1) is 15.8. The Balaban J connectivity index is 1.56. The standard InChI is InChI=1S/C23H20ClN3O4S2/c1-31-15-4-2-13-3-5-19(33(25,29)30)20(18(13)10-15)17-7-9-27(23(17)28)11-14-12-32-21-16(14)6-8-26-22(21)24/h2-6,8,10,12,17H,7,9,11H2,1H3,(H2,25,29,30)/t17-/m0/s1. The number of primary sulfonamides is 1. The van der Waals surface area contributed by atoms with Crippen molar-refractivity contribution in [1.29, 1.82) is 0 Å². The monoisotopic (exact) mass is 501 g/mol. The number of amides is 1. The second-order valence-electron chi connectivity index (χ2n) is 7.95. The van der Waals surface area contributed by atoms with Crippen LogP contribution < -0.4 is 9.88 Å². The van der Waals surface area contributed by atoms with E-state index >= 15 is 0 Å². The van der Waals surface area contributed by atoms with E-state index in [4.69, 9.17) is 21.5 Å². The van der Waals surface area contributed by atoms with Gasteiger partial charge in [-0.1, -0.05) is 23.7 Å². The molecule has 1 saturated heterocycles. The number of methoxy groups -OCH3 is 1. The highest BCUT2D eigenvalue weighted by Gasteiger charge is 2.37. The van der Waals surface area contributed by atoms with Gasteiger partial charge in [-0.25, -0.2) is 18.5 Å². The highest BCUT2D eigenvalue weighted by molar-refractivity contribution is 7.89. The fraction of sp³-hybridized carbons (Fsp3) is 0.217. The van der Waals surface area contributed by atoms with E-state index < -0.39 is 15.9 Å². The van der Waals surface area contributed by atoms with Crippen molar-refractivity contribution in [3.05, 3.63) is 64.3 Å². The van der Waals surface area contributed by atoms with Gasteiger partial charge in [-0.15, -0.1) is 11.3 Å². The smallest absolute Gasteiger partial charge is 0.238 e. The first-order valence-corrected chi connectivity index (χ1v) is 13.0. The molecule has 3 heterocycles. The summed E-state index contributed by atoms with van der Waals surface area (Å²) in [6, 6.07) is 10.5. The van der Waals surface area contributed by atoms with E-state index in [1.165, 1.54) is 17.4 Å². The third-order valence-electron chi connectivity index (χ3n) is 6.07. The SMILES string of the molecule is COc1ccc2ccc(S(N)(=O)=O)c([C@@H]3CCN(Cc4csc5c(Cl)nccc45)C3=O)c2c1. The number of hydrogen-bond acceptors (Lipinski definition) is 6. The molecule has 0 aliphatic carbocycles. The summed E-state index contributed by atoms with van der Waals surface area (Å²) in [7, 11) is -2.50. The Kier molecular flexibility index (Phi) is 5.52. The van der Waals surface area contributed by atoms with Crippen LogP contribution in [-0.2, 0) is 21.4 Å². The van der Waals surface area contributed by atoms with Gasteiger partial charge in [0.05, 0.1) is 22.6 Å². The molecule has 0 bridgehead atoms. The van der Waals surface area contributed by atoms with E-state index in [0.717, 1.165) is 21.0 Å². The minimum Gasteiger partial charge on any atom is -0.497 e. The molecule has 170 valence electrons. The number of likely N-dealkylation sites (tertiary alicyclic amines) is 1. The fourth-order valence-electron chi connectivity index (χ4n) is 4.51. The Morgan fingerprint density at radius 3 is 2.79 bits per heavy atom. The number of carbonyl (C=O) groups excluding carboxylic acids is 1. The molecule has 0 spiro atoms. The van der Waals surface area contributed by atoms with Crippen molar-refractivity contribution in [2.45, 2.75) is 23.8 Å². The maximum absolute atomic E-state index is 13.5. The first kappa shape index (κ1) is 22.1. The first-order valence-electron chi connectivity index (χ1n) is 10.2. The van der Waals surface area contributed by atoms with Crippen molar-refractivity contribution in [2.75, 3.05) is 13.7 Å². The summed E-state index contributed by atoms with van der Waals surface area (Å²) >= 11 is 7.69. The summed E-state index contributed by atoms with van der Waals surface area (Å²) in [4.78, 5) is 19.4. The van der Waals surface area contributed by atoms with Crippen LogP contribution in [0.5, 0.6) is 5.75 Å². The van der Waals surface area contributed by atoms with Crippen molar-refractivity contribution >= 4 is 59.7 Å². The van der Waals surface area contributed by atoms with Crippen molar-refractivity contribution in [2.24, 2.45) is 5.14 Å². The lowest BCUT2D eigenvalue weighted by Crippen LogP contribution is -2.27. The Bertz CT molecular complexity index is 1520. The minimum atomic E-state index is -4.04. The number of halogens is 1. The number of rotatable bonds is 5. The summed E-state index contributed by atoms with van der Waals surface area (Å²) in [5, 5.41) is 10.4. The average molecular weight is 502 g/mol. The zero-order chi connectivity index (χ0) is 23.3. The number of carbonyl (C=O) groups is 1. The molecule has 5 rings (SSSR count). The molecule has 0 radical (unpaired) electrons. The maximum Gasteiger partial charge on any atom is 0.238 e. The number of nitrogens with zero attached hydrogens (tertiary/aromatic N) is 2. The fourth-order valence-corrected chi connectivity index (χ4v) is 6.56. The zero-order valence-corrected chi connectivity index (χ0v) is 20.0. The summed E-state index contributed by atoms with van der Waals surface area (Å²) in [5.74, 6) is -0.174. The number of thiophene rings is 1. The molecule has 0 unspecified atom stereocenters. The normalized spacial score (nSPS) is 16.8. The average Bonchev–Trinajstić information content (AvgIpc) is 3.36. The lowest BCUT2D eigenvalue weighted by Gasteiger charge is -2.19. The summed E-state index contributed by atoms with van der Waals surface area (Å²) in [6.45, 7) is 0.915. The van der Waals surface area contributed by atoms with Crippen LogP contribution in [0.3, 0.4) is 0 Å². The van der Waals surface area contributed by atoms with Gasteiger partial charge in [0.25, 0.3) is 0 Å². The van der Waals surface area contributed by atoms with Crippen LogP contribution >= 0.6 is 22.9 Å². The Labute approximate surface area is 199 Å². The highest BCUT2D eigenvalue weighted by Crippen LogP contribution is 2.40. The molecule has 1 amide bonds. The number of aromatic nitrogens is 1. The van der Waals surface area contributed by atoms with Crippen LogP contribution in [0.25, 0.3) is 20.9 Å². The number of nitrogens with two attached hydrogens (primary N) is 1. The molecule has 2 aromatic heterocycles. The zero-order valence-electron chi connectivity index (χ0n) is 17.6. The predicted octanol–water partition coefficient (Wildman–Crippen LogP) is 4.28. The third kappa shape index (κ3) is 3.85. The molecule has 2 N–H and O–H groups in total. The van der Waals surface area contributed by atoms with E-state index in [1.807, 2.05) is 17.5 Å². The van der Waals surface area contributed by atoms with E-state index in [1.54, 1.807) is 36.4 Å². The van der Waals surface area contributed by atoms with Gasteiger partial charge < -0.3 is 9.64 Å². The van der Waals surface area contributed by atoms with Crippen LogP contribution in [0.15, 0.2) is 52.9 Å². The summed E-state index contributed by atoms with van der Waals surface area (Å²) in [6.07, 6.45) is 2.14. The molecule has 1 fully saturated rings. The molecule has 0 saturated carbocycles. The number of pyridine rings is 1. The second kappa shape index (κ2) is 8.25. The lowest BCUT2D eigenvalue weighted by atomic mass is 9.92. The van der Waals surface area contributed by atoms with Crippen molar-refractivity contribution in [3.8, 4) is 5.75 Å². The lowest BCUT2D eigenvalue weighted by molar-refractivity contribution is -0.129. The van der Waals surface area contributed by atoms with Gasteiger partial charge in [-0.2, -0.15) is 0 Å².